The van der Waals surface area contributed by atoms with E-state index in [0.29, 0.717) is 27.4 Å². The van der Waals surface area contributed by atoms with Gasteiger partial charge in [0.05, 0.1) is 5.52 Å². The van der Waals surface area contributed by atoms with Gasteiger partial charge in [-0.25, -0.2) is 4.39 Å². The Bertz CT molecular complexity index is 926. The molecule has 0 amide bonds. The number of aromatic nitrogens is 1. The third-order valence-electron chi connectivity index (χ3n) is 3.80. The molecule has 2 aromatic carbocycles. The Morgan fingerprint density at radius 1 is 1.00 bits per heavy atom. The molecule has 0 radical (unpaired) electrons. The third-order valence-corrected chi connectivity index (χ3v) is 3.80. The van der Waals surface area contributed by atoms with Crippen LogP contribution in [0.4, 0.5) is 4.39 Å². The molecule has 0 spiro atoms. The van der Waals surface area contributed by atoms with Crippen LogP contribution in [0, 0.1) is 19.7 Å². The van der Waals surface area contributed by atoms with Crippen LogP contribution in [-0.4, -0.2) is 9.67 Å². The molecule has 20 heavy (non-hydrogen) atoms. The van der Waals surface area contributed by atoms with Crippen LogP contribution in [0.25, 0.3) is 21.7 Å². The minimum Gasteiger partial charge on any atom is -0.508 e. The van der Waals surface area contributed by atoms with Crippen LogP contribution in [0.3, 0.4) is 0 Å². The lowest BCUT2D eigenvalue weighted by Gasteiger charge is -2.12. The quantitative estimate of drug-likeness (QED) is 0.638. The summed E-state index contributed by atoms with van der Waals surface area (Å²) < 4.78 is 15.3. The molecule has 0 aliphatic carbocycles. The summed E-state index contributed by atoms with van der Waals surface area (Å²) in [6.45, 7) is 3.41. The molecular formula is C16H14FNO2. The minimum atomic E-state index is -0.335. The summed E-state index contributed by atoms with van der Waals surface area (Å²) in [6.07, 6.45) is 0. The van der Waals surface area contributed by atoms with Gasteiger partial charge < -0.3 is 9.67 Å². The first-order chi connectivity index (χ1) is 9.40. The smallest absolute Gasteiger partial charge is 0.258 e. The SMILES string of the molecule is Cc1cc2c3cc(F)c(C)cc3c(=O)n(C)c2cc1O. The predicted molar refractivity (Wildman–Crippen MR) is 77.8 cm³/mol. The van der Waals surface area contributed by atoms with Crippen LogP contribution in [-0.2, 0) is 7.05 Å². The molecule has 0 saturated heterocycles. The van der Waals surface area contributed by atoms with Crippen molar-refractivity contribution >= 4 is 21.7 Å². The van der Waals surface area contributed by atoms with Crippen LogP contribution >= 0.6 is 0 Å². The molecule has 0 bridgehead atoms. The number of benzene rings is 2. The summed E-state index contributed by atoms with van der Waals surface area (Å²) in [6, 6.07) is 6.30. The second-order valence-corrected chi connectivity index (χ2v) is 5.17. The summed E-state index contributed by atoms with van der Waals surface area (Å²) in [5, 5.41) is 11.6. The Morgan fingerprint density at radius 3 is 2.35 bits per heavy atom. The molecule has 1 heterocycles. The molecule has 0 unspecified atom stereocenters. The first kappa shape index (κ1) is 12.7. The largest absolute Gasteiger partial charge is 0.508 e. The average Bonchev–Trinajstić information content (AvgIpc) is 2.41. The van der Waals surface area contributed by atoms with Gasteiger partial charge in [0, 0.05) is 23.9 Å². The molecule has 102 valence electrons. The maximum absolute atomic E-state index is 13.8. The first-order valence-corrected chi connectivity index (χ1v) is 6.32. The van der Waals surface area contributed by atoms with E-state index in [2.05, 4.69) is 0 Å². The number of phenolic OH excluding ortho intramolecular Hbond substituents is 1. The van der Waals surface area contributed by atoms with E-state index in [1.165, 1.54) is 10.6 Å². The molecule has 1 aromatic heterocycles. The normalized spacial score (nSPS) is 11.4. The lowest BCUT2D eigenvalue weighted by atomic mass is 10.0. The first-order valence-electron chi connectivity index (χ1n) is 6.32. The van der Waals surface area contributed by atoms with Crippen molar-refractivity contribution in [3.63, 3.8) is 0 Å². The van der Waals surface area contributed by atoms with E-state index in [4.69, 9.17) is 0 Å². The van der Waals surface area contributed by atoms with Crippen LogP contribution in [0.15, 0.2) is 29.1 Å². The Morgan fingerprint density at radius 2 is 1.65 bits per heavy atom. The lowest BCUT2D eigenvalue weighted by Crippen LogP contribution is -2.17. The highest BCUT2D eigenvalue weighted by atomic mass is 19.1. The van der Waals surface area contributed by atoms with Crippen LogP contribution < -0.4 is 5.56 Å². The number of phenols is 1. The summed E-state index contributed by atoms with van der Waals surface area (Å²) in [5.74, 6) is -0.211. The summed E-state index contributed by atoms with van der Waals surface area (Å²) in [7, 11) is 1.65. The Hall–Kier alpha value is -2.36. The lowest BCUT2D eigenvalue weighted by molar-refractivity contribution is 0.471. The van der Waals surface area contributed by atoms with Crippen molar-refractivity contribution in [2.24, 2.45) is 7.05 Å². The van der Waals surface area contributed by atoms with Gasteiger partial charge in [-0.05, 0) is 48.6 Å². The van der Waals surface area contributed by atoms with E-state index in [-0.39, 0.29) is 17.1 Å². The standard InChI is InChI=1S/C16H14FNO2/c1-8-4-12-10(6-13(8)17)11-5-9(2)15(19)7-14(11)18(3)16(12)20/h4-7,19H,1-3H3. The van der Waals surface area contributed by atoms with Gasteiger partial charge in [0.2, 0.25) is 0 Å². The highest BCUT2D eigenvalue weighted by molar-refractivity contribution is 6.06. The number of hydrogen-bond donors (Lipinski definition) is 1. The third kappa shape index (κ3) is 1.61. The molecule has 1 N–H and O–H groups in total. The molecule has 3 nitrogen and oxygen atoms in total. The second kappa shape index (κ2) is 4.07. The highest BCUT2D eigenvalue weighted by Gasteiger charge is 2.12. The number of pyridine rings is 1. The zero-order chi connectivity index (χ0) is 14.6. The van der Waals surface area contributed by atoms with Crippen molar-refractivity contribution in [2.45, 2.75) is 13.8 Å². The van der Waals surface area contributed by atoms with Gasteiger partial charge in [-0.2, -0.15) is 0 Å². The van der Waals surface area contributed by atoms with Gasteiger partial charge in [0.25, 0.3) is 5.56 Å². The van der Waals surface area contributed by atoms with Crippen molar-refractivity contribution in [3.05, 3.63) is 51.6 Å². The van der Waals surface area contributed by atoms with Gasteiger partial charge in [-0.1, -0.05) is 0 Å². The van der Waals surface area contributed by atoms with Gasteiger partial charge in [0.15, 0.2) is 0 Å². The number of aryl methyl sites for hydroxylation is 3. The summed E-state index contributed by atoms with van der Waals surface area (Å²) in [5.41, 5.74) is 1.54. The number of aromatic hydroxyl groups is 1. The van der Waals surface area contributed by atoms with Gasteiger partial charge in [0.1, 0.15) is 11.6 Å². The Balaban J connectivity index is 2.68. The fourth-order valence-electron chi connectivity index (χ4n) is 2.55. The Kier molecular flexibility index (Phi) is 2.57. The van der Waals surface area contributed by atoms with Crippen molar-refractivity contribution in [1.29, 1.82) is 0 Å². The average molecular weight is 271 g/mol. The zero-order valence-corrected chi connectivity index (χ0v) is 11.5. The maximum Gasteiger partial charge on any atom is 0.258 e. The molecule has 0 saturated carbocycles. The van der Waals surface area contributed by atoms with E-state index in [1.54, 1.807) is 39.1 Å². The monoisotopic (exact) mass is 271 g/mol. The Labute approximate surface area is 114 Å². The summed E-state index contributed by atoms with van der Waals surface area (Å²) >= 11 is 0. The number of hydrogen-bond acceptors (Lipinski definition) is 2. The molecular weight excluding hydrogens is 257 g/mol. The number of halogens is 1. The van der Waals surface area contributed by atoms with E-state index in [9.17, 15) is 14.3 Å². The van der Waals surface area contributed by atoms with Crippen molar-refractivity contribution in [2.75, 3.05) is 0 Å². The molecule has 0 aliphatic rings. The number of nitrogens with zero attached hydrogens (tertiary/aromatic N) is 1. The number of rotatable bonds is 0. The fourth-order valence-corrected chi connectivity index (χ4v) is 2.55. The van der Waals surface area contributed by atoms with Gasteiger partial charge in [-0.15, -0.1) is 0 Å². The van der Waals surface area contributed by atoms with Crippen molar-refractivity contribution < 1.29 is 9.50 Å². The molecule has 4 heteroatoms. The van der Waals surface area contributed by atoms with E-state index in [1.807, 2.05) is 0 Å². The van der Waals surface area contributed by atoms with E-state index >= 15 is 0 Å². The summed E-state index contributed by atoms with van der Waals surface area (Å²) in [4.78, 5) is 12.4. The molecule has 0 atom stereocenters. The molecule has 0 fully saturated rings. The van der Waals surface area contributed by atoms with Crippen LogP contribution in [0.2, 0.25) is 0 Å². The zero-order valence-electron chi connectivity index (χ0n) is 11.5. The van der Waals surface area contributed by atoms with Gasteiger partial charge in [-0.3, -0.25) is 4.79 Å². The number of fused-ring (bicyclic) bond motifs is 3. The van der Waals surface area contributed by atoms with Crippen molar-refractivity contribution in [3.8, 4) is 5.75 Å². The van der Waals surface area contributed by atoms with Crippen molar-refractivity contribution in [1.82, 2.24) is 4.57 Å². The molecule has 0 aliphatic heterocycles. The van der Waals surface area contributed by atoms with E-state index in [0.717, 1.165) is 5.39 Å². The topological polar surface area (TPSA) is 42.2 Å². The van der Waals surface area contributed by atoms with Crippen LogP contribution in [0.1, 0.15) is 11.1 Å². The second-order valence-electron chi connectivity index (χ2n) is 5.17. The molecule has 3 rings (SSSR count). The van der Waals surface area contributed by atoms with Crippen LogP contribution in [0.5, 0.6) is 5.75 Å². The fraction of sp³-hybridized carbons (Fsp3) is 0.188. The predicted octanol–water partition coefficient (Wildman–Crippen LogP) is 3.15. The molecule has 3 aromatic rings. The minimum absolute atomic E-state index is 0.124. The maximum atomic E-state index is 13.8. The highest BCUT2D eigenvalue weighted by Crippen LogP contribution is 2.29. The van der Waals surface area contributed by atoms with E-state index < -0.39 is 0 Å². The van der Waals surface area contributed by atoms with Gasteiger partial charge >= 0.3 is 0 Å².